The average Bonchev–Trinajstić information content (AvgIpc) is 2.92. The van der Waals surface area contributed by atoms with Gasteiger partial charge in [0.2, 0.25) is 0 Å². The number of methoxy groups -OCH3 is 1. The van der Waals surface area contributed by atoms with Gasteiger partial charge in [0, 0.05) is 18.6 Å². The number of rotatable bonds is 6. The Balaban J connectivity index is 1.51. The van der Waals surface area contributed by atoms with Crippen LogP contribution in [0.3, 0.4) is 0 Å². The standard InChI is InChI=1S/C24H30FNO3/c1-16(2)29-22-10-7-17(11-23(22)28-3)15-26-20-8-9-21(26)14-24(27,13-20)18-5-4-6-19(25)12-18/h4-7,10-12,16,20-21,27H,8-9,13-15H2,1-3H3. The molecule has 2 aromatic carbocycles. The second kappa shape index (κ2) is 7.96. The van der Waals surface area contributed by atoms with Crippen LogP contribution in [0.4, 0.5) is 4.39 Å². The largest absolute Gasteiger partial charge is 0.493 e. The SMILES string of the molecule is COc1cc(CN2C3CCC2CC(O)(c2cccc(F)c2)C3)ccc1OC(C)C. The van der Waals surface area contributed by atoms with Crippen molar-refractivity contribution in [1.82, 2.24) is 4.90 Å². The highest BCUT2D eigenvalue weighted by molar-refractivity contribution is 5.43. The van der Waals surface area contributed by atoms with E-state index in [2.05, 4.69) is 11.0 Å². The van der Waals surface area contributed by atoms with E-state index < -0.39 is 5.60 Å². The Labute approximate surface area is 172 Å². The molecule has 2 aliphatic rings. The zero-order chi connectivity index (χ0) is 20.6. The molecule has 156 valence electrons. The number of halogens is 1. The number of aliphatic hydroxyl groups is 1. The van der Waals surface area contributed by atoms with Gasteiger partial charge in [-0.05, 0) is 74.9 Å². The second-order valence-electron chi connectivity index (χ2n) is 8.66. The van der Waals surface area contributed by atoms with Gasteiger partial charge in [-0.15, -0.1) is 0 Å². The summed E-state index contributed by atoms with van der Waals surface area (Å²) >= 11 is 0. The van der Waals surface area contributed by atoms with Gasteiger partial charge in [-0.2, -0.15) is 0 Å². The summed E-state index contributed by atoms with van der Waals surface area (Å²) in [5, 5.41) is 11.3. The molecule has 0 aliphatic carbocycles. The molecule has 2 aliphatic heterocycles. The van der Waals surface area contributed by atoms with Crippen LogP contribution in [0.15, 0.2) is 42.5 Å². The molecule has 1 N–H and O–H groups in total. The number of piperidine rings is 1. The first-order chi connectivity index (χ1) is 13.9. The molecule has 2 saturated heterocycles. The average molecular weight is 400 g/mol. The Morgan fingerprint density at radius 1 is 1.10 bits per heavy atom. The molecule has 2 bridgehead atoms. The Morgan fingerprint density at radius 3 is 2.45 bits per heavy atom. The van der Waals surface area contributed by atoms with E-state index in [0.717, 1.165) is 30.9 Å². The van der Waals surface area contributed by atoms with Crippen molar-refractivity contribution in [1.29, 1.82) is 0 Å². The third-order valence-corrected chi connectivity index (χ3v) is 6.24. The lowest BCUT2D eigenvalue weighted by Gasteiger charge is -2.44. The molecule has 0 spiro atoms. The van der Waals surface area contributed by atoms with E-state index in [1.165, 1.54) is 17.7 Å². The van der Waals surface area contributed by atoms with Crippen molar-refractivity contribution < 1.29 is 19.0 Å². The highest BCUT2D eigenvalue weighted by atomic mass is 19.1. The van der Waals surface area contributed by atoms with E-state index in [9.17, 15) is 9.50 Å². The first kappa shape index (κ1) is 20.2. The molecule has 0 radical (unpaired) electrons. The number of hydrogen-bond acceptors (Lipinski definition) is 4. The minimum Gasteiger partial charge on any atom is -0.493 e. The summed E-state index contributed by atoms with van der Waals surface area (Å²) in [7, 11) is 1.66. The summed E-state index contributed by atoms with van der Waals surface area (Å²) in [6.45, 7) is 4.81. The molecule has 2 unspecified atom stereocenters. The maximum atomic E-state index is 13.7. The van der Waals surface area contributed by atoms with Crippen molar-refractivity contribution in [3.63, 3.8) is 0 Å². The van der Waals surface area contributed by atoms with Crippen LogP contribution < -0.4 is 9.47 Å². The monoisotopic (exact) mass is 399 g/mol. The smallest absolute Gasteiger partial charge is 0.161 e. The van der Waals surface area contributed by atoms with Gasteiger partial charge in [0.25, 0.3) is 0 Å². The van der Waals surface area contributed by atoms with Gasteiger partial charge in [-0.25, -0.2) is 4.39 Å². The molecule has 2 heterocycles. The van der Waals surface area contributed by atoms with Crippen molar-refractivity contribution >= 4 is 0 Å². The zero-order valence-corrected chi connectivity index (χ0v) is 17.4. The molecule has 5 heteroatoms. The summed E-state index contributed by atoms with van der Waals surface area (Å²) in [5.74, 6) is 1.21. The number of hydrogen-bond donors (Lipinski definition) is 1. The summed E-state index contributed by atoms with van der Waals surface area (Å²) < 4.78 is 25.1. The van der Waals surface area contributed by atoms with E-state index in [0.29, 0.717) is 30.5 Å². The first-order valence-electron chi connectivity index (χ1n) is 10.5. The minimum absolute atomic E-state index is 0.0909. The molecular formula is C24H30FNO3. The molecule has 2 aromatic rings. The maximum Gasteiger partial charge on any atom is 0.161 e. The fourth-order valence-electron chi connectivity index (χ4n) is 4.96. The van der Waals surface area contributed by atoms with E-state index in [1.54, 1.807) is 13.2 Å². The molecule has 4 rings (SSSR count). The number of benzene rings is 2. The third-order valence-electron chi connectivity index (χ3n) is 6.24. The lowest BCUT2D eigenvalue weighted by molar-refractivity contribution is -0.0596. The minimum atomic E-state index is -0.947. The van der Waals surface area contributed by atoms with Crippen molar-refractivity contribution in [2.45, 2.75) is 69.9 Å². The molecule has 4 nitrogen and oxygen atoms in total. The number of nitrogens with zero attached hydrogens (tertiary/aromatic N) is 1. The van der Waals surface area contributed by atoms with E-state index in [1.807, 2.05) is 32.0 Å². The molecule has 0 amide bonds. The van der Waals surface area contributed by atoms with Crippen molar-refractivity contribution in [2.24, 2.45) is 0 Å². The van der Waals surface area contributed by atoms with Crippen LogP contribution in [-0.4, -0.2) is 35.3 Å². The molecule has 0 aromatic heterocycles. The predicted molar refractivity (Wildman–Crippen MR) is 111 cm³/mol. The number of fused-ring (bicyclic) bond motifs is 2. The highest BCUT2D eigenvalue weighted by Crippen LogP contribution is 2.46. The van der Waals surface area contributed by atoms with Crippen LogP contribution in [-0.2, 0) is 12.1 Å². The molecule has 2 atom stereocenters. The predicted octanol–water partition coefficient (Wildman–Crippen LogP) is 4.64. The highest BCUT2D eigenvalue weighted by Gasteiger charge is 2.48. The Kier molecular flexibility index (Phi) is 5.54. The van der Waals surface area contributed by atoms with Gasteiger partial charge in [0.05, 0.1) is 18.8 Å². The Morgan fingerprint density at radius 2 is 1.83 bits per heavy atom. The van der Waals surface area contributed by atoms with Crippen LogP contribution in [0.2, 0.25) is 0 Å². The van der Waals surface area contributed by atoms with Crippen LogP contribution in [0.1, 0.15) is 50.7 Å². The number of ether oxygens (including phenoxy) is 2. The van der Waals surface area contributed by atoms with Crippen LogP contribution in [0.5, 0.6) is 11.5 Å². The molecule has 29 heavy (non-hydrogen) atoms. The van der Waals surface area contributed by atoms with Crippen molar-refractivity contribution in [3.05, 3.63) is 59.4 Å². The fraction of sp³-hybridized carbons (Fsp3) is 0.500. The zero-order valence-electron chi connectivity index (χ0n) is 17.4. The van der Waals surface area contributed by atoms with E-state index in [-0.39, 0.29) is 11.9 Å². The van der Waals surface area contributed by atoms with Gasteiger partial charge in [0.15, 0.2) is 11.5 Å². The molecule has 2 fully saturated rings. The maximum absolute atomic E-state index is 13.7. The lowest BCUT2D eigenvalue weighted by atomic mass is 9.80. The van der Waals surface area contributed by atoms with E-state index in [4.69, 9.17) is 9.47 Å². The summed E-state index contributed by atoms with van der Waals surface area (Å²) in [6.07, 6.45) is 3.49. The second-order valence-corrected chi connectivity index (χ2v) is 8.66. The summed E-state index contributed by atoms with van der Waals surface area (Å²) in [4.78, 5) is 2.49. The van der Waals surface area contributed by atoms with Crippen LogP contribution in [0, 0.1) is 5.82 Å². The van der Waals surface area contributed by atoms with Gasteiger partial charge in [-0.1, -0.05) is 18.2 Å². The quantitative estimate of drug-likeness (QED) is 0.769. The fourth-order valence-corrected chi connectivity index (χ4v) is 4.96. The van der Waals surface area contributed by atoms with Gasteiger partial charge >= 0.3 is 0 Å². The van der Waals surface area contributed by atoms with Crippen molar-refractivity contribution in [3.8, 4) is 11.5 Å². The summed E-state index contributed by atoms with van der Waals surface area (Å²) in [5.41, 5.74) is 0.925. The topological polar surface area (TPSA) is 41.9 Å². The van der Waals surface area contributed by atoms with Gasteiger partial charge in [-0.3, -0.25) is 4.90 Å². The lowest BCUT2D eigenvalue weighted by Crippen LogP contribution is -2.49. The summed E-state index contributed by atoms with van der Waals surface area (Å²) in [6, 6.07) is 13.1. The third kappa shape index (κ3) is 4.12. The Bertz CT molecular complexity index is 855. The van der Waals surface area contributed by atoms with Gasteiger partial charge in [0.1, 0.15) is 5.82 Å². The van der Waals surface area contributed by atoms with Crippen LogP contribution in [0.25, 0.3) is 0 Å². The molecular weight excluding hydrogens is 369 g/mol. The Hall–Kier alpha value is -2.11. The van der Waals surface area contributed by atoms with Crippen molar-refractivity contribution in [2.75, 3.05) is 7.11 Å². The first-order valence-corrected chi connectivity index (χ1v) is 10.5. The van der Waals surface area contributed by atoms with Gasteiger partial charge < -0.3 is 14.6 Å². The van der Waals surface area contributed by atoms with E-state index >= 15 is 0 Å². The normalized spacial score (nSPS) is 26.7. The molecule has 0 saturated carbocycles. The van der Waals surface area contributed by atoms with Crippen LogP contribution >= 0.6 is 0 Å².